The SMILES string of the molecule is Cc1cc(F)ccc1S(=O)(=O)Nc1ccc2c(c1)N(C(=O)c1cccnc1)CC2. The summed E-state index contributed by atoms with van der Waals surface area (Å²) >= 11 is 0. The van der Waals surface area contributed by atoms with Crippen LogP contribution in [0.15, 0.2) is 65.8 Å². The summed E-state index contributed by atoms with van der Waals surface area (Å²) in [6.45, 7) is 2.05. The minimum atomic E-state index is -3.90. The Morgan fingerprint density at radius 1 is 1.17 bits per heavy atom. The number of aromatic nitrogens is 1. The van der Waals surface area contributed by atoms with Gasteiger partial charge in [0.15, 0.2) is 0 Å². The summed E-state index contributed by atoms with van der Waals surface area (Å²) in [5, 5.41) is 0. The van der Waals surface area contributed by atoms with Crippen LogP contribution in [0.2, 0.25) is 0 Å². The Labute approximate surface area is 168 Å². The molecule has 0 bridgehead atoms. The highest BCUT2D eigenvalue weighted by molar-refractivity contribution is 7.92. The van der Waals surface area contributed by atoms with Crippen LogP contribution in [0.3, 0.4) is 0 Å². The van der Waals surface area contributed by atoms with Gasteiger partial charge in [0.1, 0.15) is 5.82 Å². The summed E-state index contributed by atoms with van der Waals surface area (Å²) < 4.78 is 41.3. The van der Waals surface area contributed by atoms with Gasteiger partial charge in [0.25, 0.3) is 15.9 Å². The molecule has 3 aromatic rings. The predicted molar refractivity (Wildman–Crippen MR) is 108 cm³/mol. The first kappa shape index (κ1) is 19.1. The number of halogens is 1. The van der Waals surface area contributed by atoms with E-state index in [9.17, 15) is 17.6 Å². The third kappa shape index (κ3) is 3.71. The normalized spacial score (nSPS) is 13.2. The fourth-order valence-corrected chi connectivity index (χ4v) is 4.70. The molecule has 1 amide bonds. The Bertz CT molecular complexity index is 1200. The molecule has 0 saturated carbocycles. The van der Waals surface area contributed by atoms with Crippen molar-refractivity contribution < 1.29 is 17.6 Å². The molecule has 4 rings (SSSR count). The van der Waals surface area contributed by atoms with Gasteiger partial charge in [-0.1, -0.05) is 6.07 Å². The van der Waals surface area contributed by atoms with E-state index in [0.717, 1.165) is 11.6 Å². The minimum absolute atomic E-state index is 0.00249. The van der Waals surface area contributed by atoms with E-state index in [1.165, 1.54) is 25.3 Å². The van der Waals surface area contributed by atoms with Crippen LogP contribution in [0.5, 0.6) is 0 Å². The zero-order valence-electron chi connectivity index (χ0n) is 15.6. The highest BCUT2D eigenvalue weighted by Crippen LogP contribution is 2.33. The highest BCUT2D eigenvalue weighted by Gasteiger charge is 2.27. The van der Waals surface area contributed by atoms with Crippen molar-refractivity contribution in [3.05, 3.63) is 83.4 Å². The Kier molecular flexibility index (Phi) is 4.79. The van der Waals surface area contributed by atoms with Crippen molar-refractivity contribution >= 4 is 27.3 Å². The van der Waals surface area contributed by atoms with Gasteiger partial charge in [-0.05, 0) is 66.9 Å². The summed E-state index contributed by atoms with van der Waals surface area (Å²) in [5.74, 6) is -0.685. The Morgan fingerprint density at radius 3 is 2.72 bits per heavy atom. The first-order valence-electron chi connectivity index (χ1n) is 8.99. The Morgan fingerprint density at radius 2 is 2.00 bits per heavy atom. The molecule has 2 aromatic carbocycles. The van der Waals surface area contributed by atoms with Crippen molar-refractivity contribution in [3.63, 3.8) is 0 Å². The number of nitrogens with zero attached hydrogens (tertiary/aromatic N) is 2. The maximum absolute atomic E-state index is 13.3. The van der Waals surface area contributed by atoms with Crippen LogP contribution in [0, 0.1) is 12.7 Å². The molecule has 0 unspecified atom stereocenters. The van der Waals surface area contributed by atoms with Crippen molar-refractivity contribution in [2.75, 3.05) is 16.2 Å². The number of hydrogen-bond donors (Lipinski definition) is 1. The van der Waals surface area contributed by atoms with E-state index in [4.69, 9.17) is 0 Å². The Balaban J connectivity index is 1.64. The number of sulfonamides is 1. The smallest absolute Gasteiger partial charge is 0.262 e. The number of hydrogen-bond acceptors (Lipinski definition) is 4. The summed E-state index contributed by atoms with van der Waals surface area (Å²) in [4.78, 5) is 18.4. The van der Waals surface area contributed by atoms with Gasteiger partial charge in [0, 0.05) is 24.6 Å². The van der Waals surface area contributed by atoms with Crippen LogP contribution in [0.25, 0.3) is 0 Å². The van der Waals surface area contributed by atoms with E-state index in [2.05, 4.69) is 9.71 Å². The lowest BCUT2D eigenvalue weighted by molar-refractivity contribution is 0.0989. The molecule has 0 saturated heterocycles. The van der Waals surface area contributed by atoms with Crippen molar-refractivity contribution in [1.29, 1.82) is 0 Å². The van der Waals surface area contributed by atoms with Crippen LogP contribution < -0.4 is 9.62 Å². The van der Waals surface area contributed by atoms with Crippen LogP contribution >= 0.6 is 0 Å². The van der Waals surface area contributed by atoms with Gasteiger partial charge in [-0.25, -0.2) is 12.8 Å². The standard InChI is InChI=1S/C21H18FN3O3S/c1-14-11-17(22)5-7-20(14)29(27,28)24-18-6-4-15-8-10-25(19(15)12-18)21(26)16-3-2-9-23-13-16/h2-7,9,11-13,24H,8,10H2,1H3. The number of carbonyl (C=O) groups is 1. The van der Waals surface area contributed by atoms with E-state index in [1.54, 1.807) is 41.4 Å². The van der Waals surface area contributed by atoms with Gasteiger partial charge in [-0.15, -0.1) is 0 Å². The fraction of sp³-hybridized carbons (Fsp3) is 0.143. The monoisotopic (exact) mass is 411 g/mol. The molecule has 0 aliphatic carbocycles. The van der Waals surface area contributed by atoms with Crippen molar-refractivity contribution in [1.82, 2.24) is 4.98 Å². The molecule has 0 spiro atoms. The average molecular weight is 411 g/mol. The average Bonchev–Trinajstić information content (AvgIpc) is 3.10. The van der Waals surface area contributed by atoms with E-state index in [-0.39, 0.29) is 10.8 Å². The second-order valence-corrected chi connectivity index (χ2v) is 8.46. The van der Waals surface area contributed by atoms with E-state index in [0.29, 0.717) is 35.5 Å². The number of pyridine rings is 1. The number of fused-ring (bicyclic) bond motifs is 1. The molecule has 1 aliphatic heterocycles. The summed E-state index contributed by atoms with van der Waals surface area (Å²) in [5.41, 5.74) is 2.73. The minimum Gasteiger partial charge on any atom is -0.308 e. The van der Waals surface area contributed by atoms with Crippen LogP contribution in [-0.4, -0.2) is 25.9 Å². The number of aryl methyl sites for hydroxylation is 1. The maximum atomic E-state index is 13.3. The molecule has 0 radical (unpaired) electrons. The first-order chi connectivity index (χ1) is 13.8. The zero-order chi connectivity index (χ0) is 20.6. The topological polar surface area (TPSA) is 79.4 Å². The molecular formula is C21H18FN3O3S. The number of anilines is 2. The van der Waals surface area contributed by atoms with Crippen molar-refractivity contribution in [3.8, 4) is 0 Å². The predicted octanol–water partition coefficient (Wildman–Crippen LogP) is 3.53. The number of benzene rings is 2. The molecule has 0 fully saturated rings. The third-order valence-corrected chi connectivity index (χ3v) is 6.35. The van der Waals surface area contributed by atoms with Gasteiger partial charge in [-0.2, -0.15) is 0 Å². The van der Waals surface area contributed by atoms with Gasteiger partial charge < -0.3 is 4.90 Å². The quantitative estimate of drug-likeness (QED) is 0.712. The van der Waals surface area contributed by atoms with E-state index < -0.39 is 15.8 Å². The second-order valence-electron chi connectivity index (χ2n) is 6.81. The molecule has 29 heavy (non-hydrogen) atoms. The highest BCUT2D eigenvalue weighted by atomic mass is 32.2. The Hall–Kier alpha value is -3.26. The van der Waals surface area contributed by atoms with Gasteiger partial charge in [-0.3, -0.25) is 14.5 Å². The molecule has 0 atom stereocenters. The van der Waals surface area contributed by atoms with Gasteiger partial charge in [0.2, 0.25) is 0 Å². The van der Waals surface area contributed by atoms with Crippen LogP contribution in [-0.2, 0) is 16.4 Å². The first-order valence-corrected chi connectivity index (χ1v) is 10.5. The lowest BCUT2D eigenvalue weighted by atomic mass is 10.1. The lowest BCUT2D eigenvalue weighted by Crippen LogP contribution is -2.29. The maximum Gasteiger partial charge on any atom is 0.262 e. The lowest BCUT2D eigenvalue weighted by Gasteiger charge is -2.18. The summed E-state index contributed by atoms with van der Waals surface area (Å²) in [6, 6.07) is 12.0. The zero-order valence-corrected chi connectivity index (χ0v) is 16.4. The number of nitrogens with one attached hydrogen (secondary N) is 1. The van der Waals surface area contributed by atoms with E-state index in [1.807, 2.05) is 0 Å². The summed E-state index contributed by atoms with van der Waals surface area (Å²) in [7, 11) is -3.90. The van der Waals surface area contributed by atoms with Gasteiger partial charge >= 0.3 is 0 Å². The molecule has 148 valence electrons. The molecule has 1 N–H and O–H groups in total. The van der Waals surface area contributed by atoms with E-state index >= 15 is 0 Å². The number of carbonyl (C=O) groups excluding carboxylic acids is 1. The molecule has 6 nitrogen and oxygen atoms in total. The van der Waals surface area contributed by atoms with Crippen LogP contribution in [0.1, 0.15) is 21.5 Å². The van der Waals surface area contributed by atoms with Gasteiger partial charge in [0.05, 0.1) is 16.1 Å². The molecule has 8 heteroatoms. The van der Waals surface area contributed by atoms with Crippen molar-refractivity contribution in [2.24, 2.45) is 0 Å². The largest absolute Gasteiger partial charge is 0.308 e. The molecular weight excluding hydrogens is 393 g/mol. The molecule has 2 heterocycles. The molecule has 1 aliphatic rings. The second kappa shape index (κ2) is 7.29. The number of rotatable bonds is 4. The third-order valence-electron chi connectivity index (χ3n) is 4.81. The van der Waals surface area contributed by atoms with Crippen LogP contribution in [0.4, 0.5) is 15.8 Å². The molecule has 1 aromatic heterocycles. The van der Waals surface area contributed by atoms with Crippen molar-refractivity contribution in [2.45, 2.75) is 18.2 Å². The fourth-order valence-electron chi connectivity index (χ4n) is 3.42. The summed E-state index contributed by atoms with van der Waals surface area (Å²) in [6.07, 6.45) is 3.79. The number of amides is 1.